The molecule has 0 aliphatic carbocycles. The molecule has 1 aliphatic rings. The van der Waals surface area contributed by atoms with Crippen LogP contribution in [0.3, 0.4) is 0 Å². The number of anilines is 2. The Hall–Kier alpha value is -4.46. The van der Waals surface area contributed by atoms with Crippen LogP contribution in [-0.2, 0) is 9.59 Å². The molecule has 1 N–H and O–H groups in total. The van der Waals surface area contributed by atoms with Crippen LogP contribution in [0.1, 0.15) is 18.1 Å². The zero-order valence-electron chi connectivity index (χ0n) is 18.1. The van der Waals surface area contributed by atoms with Gasteiger partial charge in [-0.25, -0.2) is 4.90 Å². The number of para-hydroxylation sites is 2. The molecule has 0 fully saturated rings. The maximum Gasteiger partial charge on any atom is 0.282 e. The Bertz CT molecular complexity index is 1280. The summed E-state index contributed by atoms with van der Waals surface area (Å²) in [5, 5.41) is 14.1. The number of hydrogen-bond donors (Lipinski definition) is 1. The number of carbonyl (C=O) groups excluding carboxylic acids is 2. The van der Waals surface area contributed by atoms with Gasteiger partial charge in [-0.3, -0.25) is 19.7 Å². The summed E-state index contributed by atoms with van der Waals surface area (Å²) in [6.45, 7) is 4.15. The Morgan fingerprint density at radius 2 is 1.70 bits per heavy atom. The molecule has 0 bridgehead atoms. The fraction of sp³-hybridized carbons (Fsp3) is 0.120. The van der Waals surface area contributed by atoms with Gasteiger partial charge < -0.3 is 10.1 Å². The molecule has 0 aromatic heterocycles. The highest BCUT2D eigenvalue weighted by Gasteiger charge is 2.40. The average Bonchev–Trinajstić information content (AvgIpc) is 3.04. The Labute approximate surface area is 190 Å². The summed E-state index contributed by atoms with van der Waals surface area (Å²) in [6.07, 6.45) is 0. The molecule has 0 spiro atoms. The first-order valence-corrected chi connectivity index (χ1v) is 10.3. The SMILES string of the molecule is CCOc1ccccc1NC1=C(c2ccc([N+](=O)[O-])cc2)C(=O)N(c2cccc(C)c2)C1=O. The minimum absolute atomic E-state index is 0.0718. The Morgan fingerprint density at radius 1 is 0.970 bits per heavy atom. The predicted molar refractivity (Wildman–Crippen MR) is 125 cm³/mol. The number of imide groups is 1. The van der Waals surface area contributed by atoms with Crippen LogP contribution in [0, 0.1) is 17.0 Å². The number of hydrogen-bond acceptors (Lipinski definition) is 6. The van der Waals surface area contributed by atoms with Crippen molar-refractivity contribution in [2.24, 2.45) is 0 Å². The summed E-state index contributed by atoms with van der Waals surface area (Å²) < 4.78 is 5.65. The van der Waals surface area contributed by atoms with Gasteiger partial charge in [0.15, 0.2) is 0 Å². The van der Waals surface area contributed by atoms with E-state index in [0.717, 1.165) is 10.5 Å². The maximum absolute atomic E-state index is 13.5. The zero-order chi connectivity index (χ0) is 23.5. The molecule has 3 aromatic rings. The molecule has 1 aliphatic heterocycles. The first-order chi connectivity index (χ1) is 15.9. The normalized spacial score (nSPS) is 13.5. The third kappa shape index (κ3) is 4.18. The standard InChI is InChI=1S/C25H21N3O5/c1-3-33-21-10-5-4-9-20(21)26-23-22(17-11-13-18(14-12-17)28(31)32)24(29)27(25(23)30)19-8-6-7-16(2)15-19/h4-15,26H,3H2,1-2H3. The van der Waals surface area contributed by atoms with E-state index >= 15 is 0 Å². The molecule has 8 heteroatoms. The molecule has 3 aromatic carbocycles. The van der Waals surface area contributed by atoms with E-state index in [9.17, 15) is 19.7 Å². The van der Waals surface area contributed by atoms with Gasteiger partial charge in [-0.15, -0.1) is 0 Å². The highest BCUT2D eigenvalue weighted by atomic mass is 16.6. The van der Waals surface area contributed by atoms with Crippen molar-refractivity contribution in [1.29, 1.82) is 0 Å². The Kier molecular flexibility index (Phi) is 5.91. The van der Waals surface area contributed by atoms with Crippen LogP contribution in [0.25, 0.3) is 5.57 Å². The summed E-state index contributed by atoms with van der Waals surface area (Å²) in [7, 11) is 0. The molecule has 1 heterocycles. The summed E-state index contributed by atoms with van der Waals surface area (Å²) in [6, 6.07) is 19.7. The van der Waals surface area contributed by atoms with E-state index < -0.39 is 16.7 Å². The molecule has 8 nitrogen and oxygen atoms in total. The van der Waals surface area contributed by atoms with E-state index in [2.05, 4.69) is 5.32 Å². The van der Waals surface area contributed by atoms with E-state index in [1.165, 1.54) is 24.3 Å². The minimum atomic E-state index is -0.523. The quantitative estimate of drug-likeness (QED) is 0.323. The Morgan fingerprint density at radius 3 is 2.36 bits per heavy atom. The van der Waals surface area contributed by atoms with Crippen molar-refractivity contribution in [1.82, 2.24) is 0 Å². The maximum atomic E-state index is 13.5. The summed E-state index contributed by atoms with van der Waals surface area (Å²) in [5.74, 6) is -0.508. The molecular weight excluding hydrogens is 422 g/mol. The molecule has 2 amide bonds. The molecule has 0 atom stereocenters. The largest absolute Gasteiger partial charge is 0.492 e. The molecule has 33 heavy (non-hydrogen) atoms. The molecule has 4 rings (SSSR count). The van der Waals surface area contributed by atoms with Crippen LogP contribution < -0.4 is 15.0 Å². The van der Waals surface area contributed by atoms with Crippen molar-refractivity contribution < 1.29 is 19.2 Å². The van der Waals surface area contributed by atoms with Gasteiger partial charge in [0, 0.05) is 12.1 Å². The smallest absolute Gasteiger partial charge is 0.282 e. The lowest BCUT2D eigenvalue weighted by molar-refractivity contribution is -0.384. The number of amides is 2. The number of nitrogens with one attached hydrogen (secondary N) is 1. The van der Waals surface area contributed by atoms with Gasteiger partial charge in [0.05, 0.1) is 28.5 Å². The molecule has 166 valence electrons. The van der Waals surface area contributed by atoms with E-state index in [4.69, 9.17) is 4.74 Å². The lowest BCUT2D eigenvalue weighted by Crippen LogP contribution is -2.32. The van der Waals surface area contributed by atoms with Gasteiger partial charge in [-0.2, -0.15) is 0 Å². The number of rotatable bonds is 7. The van der Waals surface area contributed by atoms with Crippen LogP contribution in [0.5, 0.6) is 5.75 Å². The summed E-state index contributed by atoms with van der Waals surface area (Å²) in [4.78, 5) is 38.6. The molecule has 0 saturated heterocycles. The first kappa shape index (κ1) is 21.8. The van der Waals surface area contributed by atoms with Gasteiger partial charge >= 0.3 is 0 Å². The number of aryl methyl sites for hydroxylation is 1. The zero-order valence-corrected chi connectivity index (χ0v) is 18.1. The monoisotopic (exact) mass is 443 g/mol. The highest BCUT2D eigenvalue weighted by Crippen LogP contribution is 2.36. The second kappa shape index (κ2) is 8.96. The van der Waals surface area contributed by atoms with Gasteiger partial charge in [-0.05, 0) is 61.4 Å². The average molecular weight is 443 g/mol. The van der Waals surface area contributed by atoms with Crippen LogP contribution in [0.2, 0.25) is 0 Å². The van der Waals surface area contributed by atoms with Gasteiger partial charge in [0.2, 0.25) is 0 Å². The van der Waals surface area contributed by atoms with Crippen LogP contribution >= 0.6 is 0 Å². The van der Waals surface area contributed by atoms with Gasteiger partial charge in [0.25, 0.3) is 17.5 Å². The molecule has 0 radical (unpaired) electrons. The lowest BCUT2D eigenvalue weighted by Gasteiger charge is -2.16. The third-order valence-electron chi connectivity index (χ3n) is 5.16. The van der Waals surface area contributed by atoms with E-state index in [1.807, 2.05) is 26.0 Å². The fourth-order valence-electron chi connectivity index (χ4n) is 3.65. The van der Waals surface area contributed by atoms with Crippen LogP contribution in [-0.4, -0.2) is 23.3 Å². The number of non-ortho nitro benzene ring substituents is 1. The number of benzene rings is 3. The van der Waals surface area contributed by atoms with E-state index in [1.54, 1.807) is 36.4 Å². The number of nitrogens with zero attached hydrogens (tertiary/aromatic N) is 2. The predicted octanol–water partition coefficient (Wildman–Crippen LogP) is 4.70. The number of ether oxygens (including phenoxy) is 1. The summed E-state index contributed by atoms with van der Waals surface area (Å²) in [5.41, 5.74) is 2.35. The topological polar surface area (TPSA) is 102 Å². The van der Waals surface area contributed by atoms with E-state index in [0.29, 0.717) is 29.3 Å². The third-order valence-corrected chi connectivity index (χ3v) is 5.16. The van der Waals surface area contributed by atoms with Crippen LogP contribution in [0.4, 0.5) is 17.1 Å². The van der Waals surface area contributed by atoms with Gasteiger partial charge in [-0.1, -0.05) is 24.3 Å². The van der Waals surface area contributed by atoms with Crippen molar-refractivity contribution in [3.8, 4) is 5.75 Å². The number of nitro benzene ring substituents is 1. The van der Waals surface area contributed by atoms with Crippen LogP contribution in [0.15, 0.2) is 78.5 Å². The lowest BCUT2D eigenvalue weighted by atomic mass is 10.0. The molecule has 0 unspecified atom stereocenters. The molecule has 0 saturated carbocycles. The second-order valence-electron chi connectivity index (χ2n) is 7.39. The first-order valence-electron chi connectivity index (χ1n) is 10.3. The number of nitro groups is 1. The van der Waals surface area contributed by atoms with E-state index in [-0.39, 0.29) is 17.0 Å². The van der Waals surface area contributed by atoms with Crippen molar-refractivity contribution in [3.63, 3.8) is 0 Å². The second-order valence-corrected chi connectivity index (χ2v) is 7.39. The van der Waals surface area contributed by atoms with Crippen molar-refractivity contribution in [2.45, 2.75) is 13.8 Å². The Balaban J connectivity index is 1.83. The fourth-order valence-corrected chi connectivity index (χ4v) is 3.65. The minimum Gasteiger partial charge on any atom is -0.492 e. The van der Waals surface area contributed by atoms with Crippen molar-refractivity contribution >= 4 is 34.4 Å². The highest BCUT2D eigenvalue weighted by molar-refractivity contribution is 6.46. The number of carbonyl (C=O) groups is 2. The molecular formula is C25H21N3O5. The summed E-state index contributed by atoms with van der Waals surface area (Å²) >= 11 is 0. The van der Waals surface area contributed by atoms with Crippen molar-refractivity contribution in [2.75, 3.05) is 16.8 Å². The van der Waals surface area contributed by atoms with Gasteiger partial charge in [0.1, 0.15) is 11.4 Å². The van der Waals surface area contributed by atoms with Crippen molar-refractivity contribution in [3.05, 3.63) is 99.7 Å².